The molecule has 0 saturated heterocycles. The summed E-state index contributed by atoms with van der Waals surface area (Å²) in [6.45, 7) is 6.18. The summed E-state index contributed by atoms with van der Waals surface area (Å²) in [6, 6.07) is 8.59. The fourth-order valence-corrected chi connectivity index (χ4v) is 2.48. The zero-order chi connectivity index (χ0) is 16.5. The van der Waals surface area contributed by atoms with E-state index in [9.17, 15) is 10.2 Å². The summed E-state index contributed by atoms with van der Waals surface area (Å²) in [6.07, 6.45) is 1.50. The van der Waals surface area contributed by atoms with Crippen LogP contribution in [-0.4, -0.2) is 16.4 Å². The Morgan fingerprint density at radius 3 is 2.45 bits per heavy atom. The van der Waals surface area contributed by atoms with E-state index in [1.807, 2.05) is 0 Å². The summed E-state index contributed by atoms with van der Waals surface area (Å²) in [5, 5.41) is 20.2. The molecule has 3 nitrogen and oxygen atoms in total. The first-order valence-corrected chi connectivity index (χ1v) is 7.91. The average molecular weight is 383 g/mol. The summed E-state index contributed by atoms with van der Waals surface area (Å²) >= 11 is 9.43. The van der Waals surface area contributed by atoms with Crippen LogP contribution in [0.5, 0.6) is 11.5 Å². The highest BCUT2D eigenvalue weighted by atomic mass is 79.9. The molecule has 0 atom stereocenters. The molecule has 0 bridgehead atoms. The lowest BCUT2D eigenvalue weighted by molar-refractivity contribution is 0.473. The van der Waals surface area contributed by atoms with Crippen LogP contribution >= 0.6 is 27.5 Å². The molecule has 116 valence electrons. The Kier molecular flexibility index (Phi) is 4.83. The first kappa shape index (κ1) is 16.8. The number of phenolic OH excluding ortho intramolecular Hbond substituents is 2. The van der Waals surface area contributed by atoms with Crippen molar-refractivity contribution in [3.8, 4) is 11.5 Å². The van der Waals surface area contributed by atoms with Gasteiger partial charge in [-0.2, -0.15) is 0 Å². The summed E-state index contributed by atoms with van der Waals surface area (Å²) < 4.78 is 0.831. The largest absolute Gasteiger partial charge is 0.507 e. The Balaban J connectivity index is 2.46. The summed E-state index contributed by atoms with van der Waals surface area (Å²) in [7, 11) is 0. The van der Waals surface area contributed by atoms with Gasteiger partial charge in [-0.05, 0) is 41.3 Å². The molecular formula is C17H17BrClNO2. The third-order valence-electron chi connectivity index (χ3n) is 3.24. The average Bonchev–Trinajstić information content (AvgIpc) is 2.42. The number of halogens is 2. The van der Waals surface area contributed by atoms with Crippen LogP contribution in [0, 0.1) is 0 Å². The van der Waals surface area contributed by atoms with Gasteiger partial charge in [0, 0.05) is 16.3 Å². The molecule has 22 heavy (non-hydrogen) atoms. The van der Waals surface area contributed by atoms with Crippen LogP contribution in [0.15, 0.2) is 39.8 Å². The van der Waals surface area contributed by atoms with Gasteiger partial charge in [-0.15, -0.1) is 0 Å². The smallest absolute Gasteiger partial charge is 0.159 e. The van der Waals surface area contributed by atoms with Crippen molar-refractivity contribution < 1.29 is 10.2 Å². The minimum atomic E-state index is -0.112. The van der Waals surface area contributed by atoms with Crippen molar-refractivity contribution in [3.63, 3.8) is 0 Å². The normalized spacial score (nSPS) is 12.0. The van der Waals surface area contributed by atoms with Crippen molar-refractivity contribution in [1.29, 1.82) is 0 Å². The molecule has 0 unspecified atom stereocenters. The second kappa shape index (κ2) is 6.31. The van der Waals surface area contributed by atoms with E-state index < -0.39 is 0 Å². The van der Waals surface area contributed by atoms with Crippen LogP contribution in [0.3, 0.4) is 0 Å². The Bertz CT molecular complexity index is 736. The Labute approximate surface area is 143 Å². The number of phenols is 2. The predicted octanol–water partition coefficient (Wildman–Crippen LogP) is 5.56. The van der Waals surface area contributed by atoms with E-state index in [-0.39, 0.29) is 21.9 Å². The van der Waals surface area contributed by atoms with Gasteiger partial charge < -0.3 is 10.2 Å². The third-order valence-corrected chi connectivity index (χ3v) is 4.02. The number of hydrogen-bond donors (Lipinski definition) is 2. The highest BCUT2D eigenvalue weighted by molar-refractivity contribution is 9.10. The maximum atomic E-state index is 10.1. The van der Waals surface area contributed by atoms with Gasteiger partial charge in [0.1, 0.15) is 11.4 Å². The van der Waals surface area contributed by atoms with E-state index in [0.29, 0.717) is 11.3 Å². The van der Waals surface area contributed by atoms with E-state index in [1.165, 1.54) is 6.21 Å². The molecule has 5 heteroatoms. The topological polar surface area (TPSA) is 52.8 Å². The van der Waals surface area contributed by atoms with Crippen LogP contribution in [0.25, 0.3) is 0 Å². The van der Waals surface area contributed by atoms with Crippen molar-refractivity contribution >= 4 is 39.4 Å². The van der Waals surface area contributed by atoms with E-state index in [1.54, 1.807) is 30.3 Å². The molecule has 0 radical (unpaired) electrons. The lowest BCUT2D eigenvalue weighted by Gasteiger charge is -2.20. The van der Waals surface area contributed by atoms with Crippen LogP contribution in [0.2, 0.25) is 5.02 Å². The Morgan fingerprint density at radius 2 is 1.82 bits per heavy atom. The van der Waals surface area contributed by atoms with Crippen molar-refractivity contribution in [2.75, 3.05) is 0 Å². The van der Waals surface area contributed by atoms with Crippen LogP contribution in [0.4, 0.5) is 5.69 Å². The first-order chi connectivity index (χ1) is 10.2. The second-order valence-corrected chi connectivity index (χ2v) is 7.36. The molecule has 2 N–H and O–H groups in total. The molecule has 0 aliphatic rings. The molecule has 0 spiro atoms. The fraction of sp³-hybridized carbons (Fsp3) is 0.235. The van der Waals surface area contributed by atoms with Gasteiger partial charge in [0.15, 0.2) is 5.75 Å². The van der Waals surface area contributed by atoms with Crippen molar-refractivity contribution in [3.05, 3.63) is 51.0 Å². The number of aromatic hydroxyl groups is 2. The summed E-state index contributed by atoms with van der Waals surface area (Å²) in [5.74, 6) is 0.0462. The quantitative estimate of drug-likeness (QED) is 0.668. The monoisotopic (exact) mass is 381 g/mol. The van der Waals surface area contributed by atoms with Gasteiger partial charge in [-0.1, -0.05) is 48.3 Å². The van der Waals surface area contributed by atoms with Gasteiger partial charge in [0.2, 0.25) is 0 Å². The molecule has 2 aromatic carbocycles. The first-order valence-electron chi connectivity index (χ1n) is 6.74. The van der Waals surface area contributed by atoms with E-state index in [0.717, 1.165) is 10.0 Å². The van der Waals surface area contributed by atoms with Gasteiger partial charge in [0.05, 0.1) is 5.02 Å². The molecule has 0 aliphatic carbocycles. The van der Waals surface area contributed by atoms with Crippen LogP contribution in [0.1, 0.15) is 31.9 Å². The molecule has 0 heterocycles. The highest BCUT2D eigenvalue weighted by Gasteiger charge is 2.17. The van der Waals surface area contributed by atoms with E-state index in [4.69, 9.17) is 11.6 Å². The molecule has 2 rings (SSSR count). The third kappa shape index (κ3) is 3.81. The molecule has 0 aromatic heterocycles. The van der Waals surface area contributed by atoms with Crippen molar-refractivity contribution in [1.82, 2.24) is 0 Å². The lowest BCUT2D eigenvalue weighted by atomic mass is 9.87. The SMILES string of the molecule is CC(C)(C)c1cc(Cl)c(O)c(N=Cc2cc(Br)ccc2O)c1. The van der Waals surface area contributed by atoms with Crippen molar-refractivity contribution in [2.45, 2.75) is 26.2 Å². The molecule has 0 aliphatic heterocycles. The Hall–Kier alpha value is -1.52. The predicted molar refractivity (Wildman–Crippen MR) is 94.9 cm³/mol. The Morgan fingerprint density at radius 1 is 1.14 bits per heavy atom. The summed E-state index contributed by atoms with van der Waals surface area (Å²) in [5.41, 5.74) is 1.78. The van der Waals surface area contributed by atoms with Gasteiger partial charge >= 0.3 is 0 Å². The molecule has 2 aromatic rings. The molecule has 0 amide bonds. The number of benzene rings is 2. The number of hydrogen-bond acceptors (Lipinski definition) is 3. The molecule has 0 saturated carbocycles. The number of rotatable bonds is 2. The fourth-order valence-electron chi connectivity index (χ4n) is 1.88. The molecule has 0 fully saturated rings. The van der Waals surface area contributed by atoms with Gasteiger partial charge in [-0.3, -0.25) is 4.99 Å². The van der Waals surface area contributed by atoms with Crippen molar-refractivity contribution in [2.24, 2.45) is 4.99 Å². The second-order valence-electron chi connectivity index (χ2n) is 6.04. The zero-order valence-electron chi connectivity index (χ0n) is 12.6. The minimum absolute atomic E-state index is 0.0691. The zero-order valence-corrected chi connectivity index (χ0v) is 14.9. The number of aliphatic imine (C=N–C) groups is 1. The maximum Gasteiger partial charge on any atom is 0.159 e. The van der Waals surface area contributed by atoms with Gasteiger partial charge in [0.25, 0.3) is 0 Å². The van der Waals surface area contributed by atoms with E-state index >= 15 is 0 Å². The summed E-state index contributed by atoms with van der Waals surface area (Å²) in [4.78, 5) is 4.27. The van der Waals surface area contributed by atoms with Gasteiger partial charge in [-0.25, -0.2) is 0 Å². The highest BCUT2D eigenvalue weighted by Crippen LogP contribution is 2.39. The molecular weight excluding hydrogens is 366 g/mol. The van der Waals surface area contributed by atoms with Crippen LogP contribution in [-0.2, 0) is 5.41 Å². The van der Waals surface area contributed by atoms with Crippen LogP contribution < -0.4 is 0 Å². The minimum Gasteiger partial charge on any atom is -0.507 e. The standard InChI is InChI=1S/C17H17BrClNO2/c1-17(2,3)11-7-13(19)16(22)14(8-11)20-9-10-6-12(18)4-5-15(10)21/h4-9,21-22H,1-3H3. The van der Waals surface area contributed by atoms with E-state index in [2.05, 4.69) is 41.7 Å². The lowest BCUT2D eigenvalue weighted by Crippen LogP contribution is -2.10. The number of nitrogens with zero attached hydrogens (tertiary/aromatic N) is 1. The maximum absolute atomic E-state index is 10.1.